The van der Waals surface area contributed by atoms with Gasteiger partial charge in [0.05, 0.1) is 11.0 Å². The maximum atomic E-state index is 11.9. The third kappa shape index (κ3) is 3.80. The van der Waals surface area contributed by atoms with Crippen molar-refractivity contribution in [1.29, 1.82) is 0 Å². The lowest BCUT2D eigenvalue weighted by atomic mass is 10.0. The third-order valence-electron chi connectivity index (χ3n) is 4.73. The topological polar surface area (TPSA) is 47.0 Å². The Morgan fingerprint density at radius 2 is 1.63 bits per heavy atom. The Labute approximate surface area is 158 Å². The number of aromatic amines is 1. The van der Waals surface area contributed by atoms with Gasteiger partial charge < -0.3 is 9.72 Å². The van der Waals surface area contributed by atoms with E-state index in [4.69, 9.17) is 4.74 Å². The van der Waals surface area contributed by atoms with Crippen LogP contribution in [0.3, 0.4) is 0 Å². The lowest BCUT2D eigenvalue weighted by Gasteiger charge is -2.08. The fourth-order valence-electron chi connectivity index (χ4n) is 3.31. The highest BCUT2D eigenvalue weighted by molar-refractivity contribution is 5.76. The van der Waals surface area contributed by atoms with Crippen LogP contribution in [-0.2, 0) is 19.6 Å². The first-order valence-electron chi connectivity index (χ1n) is 9.20. The van der Waals surface area contributed by atoms with Gasteiger partial charge in [-0.05, 0) is 54.3 Å². The molecule has 0 saturated carbocycles. The molecule has 0 fully saturated rings. The summed E-state index contributed by atoms with van der Waals surface area (Å²) in [5, 5.41) is 0. The molecule has 0 amide bonds. The van der Waals surface area contributed by atoms with Gasteiger partial charge in [0.25, 0.3) is 0 Å². The second-order valence-electron chi connectivity index (χ2n) is 6.62. The number of hydrogen-bond acceptors (Lipinski definition) is 2. The molecule has 4 heteroatoms. The Morgan fingerprint density at radius 3 is 2.37 bits per heavy atom. The van der Waals surface area contributed by atoms with Crippen molar-refractivity contribution in [1.82, 2.24) is 9.55 Å². The van der Waals surface area contributed by atoms with Crippen LogP contribution in [0.5, 0.6) is 5.75 Å². The summed E-state index contributed by atoms with van der Waals surface area (Å²) in [6.45, 7) is 3.21. The van der Waals surface area contributed by atoms with Gasteiger partial charge in [-0.1, -0.05) is 48.5 Å². The largest absolute Gasteiger partial charge is 0.489 e. The predicted octanol–water partition coefficient (Wildman–Crippen LogP) is 4.52. The van der Waals surface area contributed by atoms with Crippen LogP contribution in [0.15, 0.2) is 77.6 Å². The molecule has 0 radical (unpaired) electrons. The molecule has 0 bridgehead atoms. The van der Waals surface area contributed by atoms with Gasteiger partial charge in [0.2, 0.25) is 0 Å². The van der Waals surface area contributed by atoms with Crippen molar-refractivity contribution in [3.8, 4) is 5.75 Å². The zero-order valence-electron chi connectivity index (χ0n) is 15.3. The zero-order chi connectivity index (χ0) is 18.6. The SMILES string of the molecule is CCn1c(=O)[nH]c2cc(Cc3ccc(OCc4ccccc4)cc3)ccc21. The summed E-state index contributed by atoms with van der Waals surface area (Å²) in [6, 6.07) is 24.5. The number of imidazole rings is 1. The number of H-pyrrole nitrogens is 1. The molecule has 0 aliphatic heterocycles. The second-order valence-corrected chi connectivity index (χ2v) is 6.62. The first kappa shape index (κ1) is 17.2. The molecule has 1 N–H and O–H groups in total. The van der Waals surface area contributed by atoms with Crippen molar-refractivity contribution in [3.05, 3.63) is 100.0 Å². The highest BCUT2D eigenvalue weighted by Crippen LogP contribution is 2.19. The number of aromatic nitrogens is 2. The van der Waals surface area contributed by atoms with Crippen LogP contribution < -0.4 is 10.4 Å². The maximum absolute atomic E-state index is 11.9. The van der Waals surface area contributed by atoms with E-state index in [1.165, 1.54) is 11.1 Å². The van der Waals surface area contributed by atoms with E-state index in [1.807, 2.05) is 43.3 Å². The normalized spacial score (nSPS) is 11.0. The molecule has 0 unspecified atom stereocenters. The van der Waals surface area contributed by atoms with E-state index < -0.39 is 0 Å². The van der Waals surface area contributed by atoms with Gasteiger partial charge in [-0.25, -0.2) is 4.79 Å². The highest BCUT2D eigenvalue weighted by atomic mass is 16.5. The van der Waals surface area contributed by atoms with E-state index in [0.29, 0.717) is 13.2 Å². The number of fused-ring (bicyclic) bond motifs is 1. The quantitative estimate of drug-likeness (QED) is 0.551. The summed E-state index contributed by atoms with van der Waals surface area (Å²) in [4.78, 5) is 14.9. The van der Waals surface area contributed by atoms with E-state index in [1.54, 1.807) is 4.57 Å². The average molecular weight is 358 g/mol. The summed E-state index contributed by atoms with van der Waals surface area (Å²) in [5.74, 6) is 0.863. The van der Waals surface area contributed by atoms with E-state index in [2.05, 4.69) is 41.4 Å². The summed E-state index contributed by atoms with van der Waals surface area (Å²) in [5.41, 5.74) is 5.33. The minimum atomic E-state index is -0.0513. The standard InChI is InChI=1S/C23H22N2O2/c1-2-25-22-13-10-19(15-21(22)24-23(25)26)14-17-8-11-20(12-9-17)27-16-18-6-4-3-5-7-18/h3-13,15H,2,14,16H2,1H3,(H,24,26). The zero-order valence-corrected chi connectivity index (χ0v) is 15.3. The molecule has 1 aromatic heterocycles. The fourth-order valence-corrected chi connectivity index (χ4v) is 3.31. The van der Waals surface area contributed by atoms with Crippen molar-refractivity contribution in [2.75, 3.05) is 0 Å². The van der Waals surface area contributed by atoms with Crippen LogP contribution in [0.4, 0.5) is 0 Å². The third-order valence-corrected chi connectivity index (χ3v) is 4.73. The number of aryl methyl sites for hydroxylation is 1. The number of hydrogen-bond donors (Lipinski definition) is 1. The molecule has 0 spiro atoms. The van der Waals surface area contributed by atoms with Crippen molar-refractivity contribution >= 4 is 11.0 Å². The fraction of sp³-hybridized carbons (Fsp3) is 0.174. The summed E-state index contributed by atoms with van der Waals surface area (Å²) >= 11 is 0. The molecule has 4 aromatic rings. The molecule has 0 saturated heterocycles. The molecule has 1 heterocycles. The molecule has 0 aliphatic carbocycles. The molecule has 3 aromatic carbocycles. The Hall–Kier alpha value is -3.27. The number of nitrogens with zero attached hydrogens (tertiary/aromatic N) is 1. The molecule has 136 valence electrons. The molecule has 4 rings (SSSR count). The maximum Gasteiger partial charge on any atom is 0.326 e. The molecule has 0 aliphatic rings. The first-order chi connectivity index (χ1) is 13.2. The van der Waals surface area contributed by atoms with Gasteiger partial charge in [-0.3, -0.25) is 4.57 Å². The first-order valence-corrected chi connectivity index (χ1v) is 9.20. The van der Waals surface area contributed by atoms with E-state index in [0.717, 1.165) is 28.8 Å². The van der Waals surface area contributed by atoms with E-state index >= 15 is 0 Å². The van der Waals surface area contributed by atoms with Gasteiger partial charge in [0, 0.05) is 6.54 Å². The van der Waals surface area contributed by atoms with Crippen LogP contribution in [0, 0.1) is 0 Å². The lowest BCUT2D eigenvalue weighted by molar-refractivity contribution is 0.306. The highest BCUT2D eigenvalue weighted by Gasteiger charge is 2.06. The number of benzene rings is 3. The van der Waals surface area contributed by atoms with Crippen LogP contribution >= 0.6 is 0 Å². The monoisotopic (exact) mass is 358 g/mol. The minimum absolute atomic E-state index is 0.0513. The van der Waals surface area contributed by atoms with Crippen LogP contribution in [0.1, 0.15) is 23.6 Å². The van der Waals surface area contributed by atoms with E-state index in [-0.39, 0.29) is 5.69 Å². The number of nitrogens with one attached hydrogen (secondary N) is 1. The molecular formula is C23H22N2O2. The minimum Gasteiger partial charge on any atom is -0.489 e. The second kappa shape index (κ2) is 7.54. The molecular weight excluding hydrogens is 336 g/mol. The molecule has 0 atom stereocenters. The predicted molar refractivity (Wildman–Crippen MR) is 108 cm³/mol. The van der Waals surface area contributed by atoms with Crippen LogP contribution in [0.2, 0.25) is 0 Å². The van der Waals surface area contributed by atoms with Gasteiger partial charge in [-0.2, -0.15) is 0 Å². The number of rotatable bonds is 6. The van der Waals surface area contributed by atoms with Crippen molar-refractivity contribution in [2.45, 2.75) is 26.5 Å². The van der Waals surface area contributed by atoms with Crippen molar-refractivity contribution < 1.29 is 4.74 Å². The molecule has 4 nitrogen and oxygen atoms in total. The number of ether oxygens (including phenoxy) is 1. The van der Waals surface area contributed by atoms with Crippen LogP contribution in [-0.4, -0.2) is 9.55 Å². The van der Waals surface area contributed by atoms with Crippen LogP contribution in [0.25, 0.3) is 11.0 Å². The van der Waals surface area contributed by atoms with Gasteiger partial charge >= 0.3 is 5.69 Å². The Balaban J connectivity index is 1.45. The van der Waals surface area contributed by atoms with Gasteiger partial charge in [0.15, 0.2) is 0 Å². The Bertz CT molecular complexity index is 1090. The van der Waals surface area contributed by atoms with Crippen molar-refractivity contribution in [3.63, 3.8) is 0 Å². The van der Waals surface area contributed by atoms with Gasteiger partial charge in [0.1, 0.15) is 12.4 Å². The lowest BCUT2D eigenvalue weighted by Crippen LogP contribution is -2.14. The van der Waals surface area contributed by atoms with Gasteiger partial charge in [-0.15, -0.1) is 0 Å². The molecule has 27 heavy (non-hydrogen) atoms. The summed E-state index contributed by atoms with van der Waals surface area (Å²) in [7, 11) is 0. The Kier molecular flexibility index (Phi) is 4.79. The summed E-state index contributed by atoms with van der Waals surface area (Å²) < 4.78 is 7.59. The Morgan fingerprint density at radius 1 is 0.889 bits per heavy atom. The summed E-state index contributed by atoms with van der Waals surface area (Å²) in [6.07, 6.45) is 0.814. The smallest absolute Gasteiger partial charge is 0.326 e. The van der Waals surface area contributed by atoms with E-state index in [9.17, 15) is 4.79 Å². The average Bonchev–Trinajstić information content (AvgIpc) is 3.02. The van der Waals surface area contributed by atoms with Crippen molar-refractivity contribution in [2.24, 2.45) is 0 Å².